The van der Waals surface area contributed by atoms with Crippen molar-refractivity contribution in [2.75, 3.05) is 0 Å². The SMILES string of the molecule is Cc1ccc2ccc3c(-c4cccc(-c5cccc(-c6ccc7c(c6)c6cc(-c8cccc(-c9cccc(-c%10cc(C)cc%11c%10ccc%10ccc(C)cc%10%11)c9)c8)ccc6c6nccnc76)c5)c4)cc(C)cc3c2c1. The Kier molecular flexibility index (Phi) is 10.1. The van der Waals surface area contributed by atoms with Gasteiger partial charge in [0.1, 0.15) is 0 Å². The quantitative estimate of drug-likeness (QED) is 0.155. The zero-order valence-corrected chi connectivity index (χ0v) is 41.8. The summed E-state index contributed by atoms with van der Waals surface area (Å²) in [6, 6.07) is 81.7. The number of aromatic nitrogens is 2. The van der Waals surface area contributed by atoms with Gasteiger partial charge in [0, 0.05) is 23.2 Å². The Morgan fingerprint density at radius 3 is 0.932 bits per heavy atom. The fourth-order valence-corrected chi connectivity index (χ4v) is 11.8. The molecule has 0 bridgehead atoms. The van der Waals surface area contributed by atoms with Crippen LogP contribution in [0.25, 0.3) is 142 Å². The van der Waals surface area contributed by atoms with Crippen LogP contribution in [0.5, 0.6) is 0 Å². The first kappa shape index (κ1) is 43.5. The van der Waals surface area contributed by atoms with E-state index in [1.54, 1.807) is 12.4 Å². The van der Waals surface area contributed by atoms with Gasteiger partial charge < -0.3 is 0 Å². The molecule has 0 N–H and O–H groups in total. The number of nitrogens with zero attached hydrogens (tertiary/aromatic N) is 2. The van der Waals surface area contributed by atoms with Crippen LogP contribution in [0.1, 0.15) is 22.3 Å². The molecule has 0 unspecified atom stereocenters. The van der Waals surface area contributed by atoms with E-state index < -0.39 is 0 Å². The molecule has 1 heterocycles. The van der Waals surface area contributed by atoms with E-state index in [0.717, 1.165) is 43.7 Å². The van der Waals surface area contributed by atoms with E-state index in [4.69, 9.17) is 9.97 Å². The number of aryl methyl sites for hydroxylation is 4. The van der Waals surface area contributed by atoms with Crippen LogP contribution in [-0.4, -0.2) is 9.97 Å². The number of rotatable bonds is 6. The molecule has 0 aliphatic heterocycles. The molecule has 2 nitrogen and oxygen atoms in total. The number of hydrogen-bond donors (Lipinski definition) is 0. The lowest BCUT2D eigenvalue weighted by atomic mass is 9.90. The van der Waals surface area contributed by atoms with Crippen molar-refractivity contribution in [3.8, 4) is 66.8 Å². The summed E-state index contributed by atoms with van der Waals surface area (Å²) in [6.45, 7) is 8.77. The van der Waals surface area contributed by atoms with Gasteiger partial charge in [-0.3, -0.25) is 9.97 Å². The normalized spacial score (nSPS) is 11.8. The van der Waals surface area contributed by atoms with E-state index in [2.05, 4.69) is 246 Å². The first-order valence-electron chi connectivity index (χ1n) is 25.7. The molecule has 13 aromatic carbocycles. The highest BCUT2D eigenvalue weighted by atomic mass is 14.8. The topological polar surface area (TPSA) is 25.8 Å². The Morgan fingerprint density at radius 1 is 0.216 bits per heavy atom. The molecule has 0 saturated heterocycles. The van der Waals surface area contributed by atoms with Crippen molar-refractivity contribution in [2.24, 2.45) is 0 Å². The number of fused-ring (bicyclic) bond motifs is 12. The van der Waals surface area contributed by atoms with Gasteiger partial charge in [-0.15, -0.1) is 0 Å². The third kappa shape index (κ3) is 7.41. The van der Waals surface area contributed by atoms with E-state index in [1.807, 2.05) is 0 Å². The van der Waals surface area contributed by atoms with Crippen molar-refractivity contribution in [1.82, 2.24) is 9.97 Å². The Hall–Kier alpha value is -9.24. The standard InChI is InChI=1S/C72H50N2/c1-43-17-19-47-21-25-59-65(33-45(3)35-67(59)63(47)31-43)57-15-7-13-53(39-57)49-9-5-11-51(37-49)55-23-27-61-69(41-55)70-42-56(24-28-62(70)72-71(61)73-29-30-74-72)52-12-6-10-50(38-52)54-14-8-16-58(40-54)66-34-46(4)36-68-60(66)26-22-48-20-18-44(2)32-64(48)68/h5-42H,1-4H3. The second-order valence-electron chi connectivity index (χ2n) is 20.5. The molecule has 0 spiro atoms. The predicted molar refractivity (Wildman–Crippen MR) is 316 cm³/mol. The van der Waals surface area contributed by atoms with Gasteiger partial charge in [0.15, 0.2) is 0 Å². The zero-order chi connectivity index (χ0) is 49.6. The Bertz CT molecular complexity index is 4360. The lowest BCUT2D eigenvalue weighted by Crippen LogP contribution is -1.90. The minimum atomic E-state index is 0.915. The van der Waals surface area contributed by atoms with Gasteiger partial charge in [0.05, 0.1) is 11.0 Å². The first-order valence-corrected chi connectivity index (χ1v) is 25.7. The van der Waals surface area contributed by atoms with Crippen LogP contribution in [-0.2, 0) is 0 Å². The van der Waals surface area contributed by atoms with Gasteiger partial charge in [0.25, 0.3) is 0 Å². The summed E-state index contributed by atoms with van der Waals surface area (Å²) in [5.41, 5.74) is 21.2. The van der Waals surface area contributed by atoms with Crippen LogP contribution < -0.4 is 0 Å². The van der Waals surface area contributed by atoms with E-state index in [9.17, 15) is 0 Å². The molecule has 0 aliphatic rings. The molecule has 1 aromatic heterocycles. The largest absolute Gasteiger partial charge is 0.252 e. The zero-order valence-electron chi connectivity index (χ0n) is 41.8. The average Bonchev–Trinajstić information content (AvgIpc) is 3.46. The minimum absolute atomic E-state index is 0.915. The van der Waals surface area contributed by atoms with Crippen molar-refractivity contribution >= 4 is 75.7 Å². The maximum Gasteiger partial charge on any atom is 0.0971 e. The summed E-state index contributed by atoms with van der Waals surface area (Å²) < 4.78 is 0. The molecule has 74 heavy (non-hydrogen) atoms. The average molecular weight is 943 g/mol. The number of benzene rings is 13. The molecular formula is C72H50N2. The first-order chi connectivity index (χ1) is 36.3. The lowest BCUT2D eigenvalue weighted by molar-refractivity contribution is 1.31. The summed E-state index contributed by atoms with van der Waals surface area (Å²) >= 11 is 0. The maximum atomic E-state index is 4.92. The van der Waals surface area contributed by atoms with Gasteiger partial charge in [-0.05, 0) is 196 Å². The Morgan fingerprint density at radius 2 is 0.527 bits per heavy atom. The molecule has 0 atom stereocenters. The van der Waals surface area contributed by atoms with Gasteiger partial charge in [-0.2, -0.15) is 0 Å². The molecule has 348 valence electrons. The molecule has 0 radical (unpaired) electrons. The van der Waals surface area contributed by atoms with Crippen LogP contribution >= 0.6 is 0 Å². The summed E-state index contributed by atoms with van der Waals surface area (Å²) in [4.78, 5) is 9.84. The molecule has 0 fully saturated rings. The summed E-state index contributed by atoms with van der Waals surface area (Å²) in [6.07, 6.45) is 3.61. The van der Waals surface area contributed by atoms with E-state index >= 15 is 0 Å². The van der Waals surface area contributed by atoms with Crippen molar-refractivity contribution in [1.29, 1.82) is 0 Å². The van der Waals surface area contributed by atoms with E-state index in [0.29, 0.717) is 0 Å². The van der Waals surface area contributed by atoms with Crippen LogP contribution in [0.15, 0.2) is 231 Å². The fourth-order valence-electron chi connectivity index (χ4n) is 11.8. The molecular weight excluding hydrogens is 893 g/mol. The van der Waals surface area contributed by atoms with Crippen LogP contribution in [0.2, 0.25) is 0 Å². The van der Waals surface area contributed by atoms with Gasteiger partial charge in [0.2, 0.25) is 0 Å². The molecule has 14 rings (SSSR count). The molecule has 0 saturated carbocycles. The van der Waals surface area contributed by atoms with Gasteiger partial charge >= 0.3 is 0 Å². The predicted octanol–water partition coefficient (Wildman–Crippen LogP) is 19.8. The highest BCUT2D eigenvalue weighted by Gasteiger charge is 2.16. The second kappa shape index (κ2) is 17.2. The van der Waals surface area contributed by atoms with Crippen molar-refractivity contribution in [3.05, 3.63) is 253 Å². The van der Waals surface area contributed by atoms with E-state index in [1.165, 1.54) is 121 Å². The molecule has 0 aliphatic carbocycles. The van der Waals surface area contributed by atoms with E-state index in [-0.39, 0.29) is 0 Å². The van der Waals surface area contributed by atoms with Crippen LogP contribution in [0.4, 0.5) is 0 Å². The Labute approximate surface area is 430 Å². The van der Waals surface area contributed by atoms with Crippen LogP contribution in [0, 0.1) is 27.7 Å². The smallest absolute Gasteiger partial charge is 0.0971 e. The van der Waals surface area contributed by atoms with Crippen LogP contribution in [0.3, 0.4) is 0 Å². The fraction of sp³-hybridized carbons (Fsp3) is 0.0556. The monoisotopic (exact) mass is 942 g/mol. The summed E-state index contributed by atoms with van der Waals surface area (Å²) in [5.74, 6) is 0. The molecule has 0 amide bonds. The molecule has 14 aromatic rings. The highest BCUT2D eigenvalue weighted by molar-refractivity contribution is 6.24. The minimum Gasteiger partial charge on any atom is -0.252 e. The third-order valence-corrected chi connectivity index (χ3v) is 15.4. The Balaban J connectivity index is 0.841. The highest BCUT2D eigenvalue weighted by Crippen LogP contribution is 2.42. The second-order valence-corrected chi connectivity index (χ2v) is 20.5. The summed E-state index contributed by atoms with van der Waals surface area (Å²) in [5, 5.41) is 14.8. The maximum absolute atomic E-state index is 4.92. The van der Waals surface area contributed by atoms with Crippen molar-refractivity contribution < 1.29 is 0 Å². The van der Waals surface area contributed by atoms with Gasteiger partial charge in [-0.1, -0.05) is 193 Å². The summed E-state index contributed by atoms with van der Waals surface area (Å²) in [7, 11) is 0. The van der Waals surface area contributed by atoms with Crippen molar-refractivity contribution in [3.63, 3.8) is 0 Å². The van der Waals surface area contributed by atoms with Gasteiger partial charge in [-0.25, -0.2) is 0 Å². The number of hydrogen-bond acceptors (Lipinski definition) is 2. The van der Waals surface area contributed by atoms with Crippen molar-refractivity contribution in [2.45, 2.75) is 27.7 Å². The molecule has 2 heteroatoms. The lowest BCUT2D eigenvalue weighted by Gasteiger charge is -2.14. The third-order valence-electron chi connectivity index (χ3n) is 15.4.